The van der Waals surface area contributed by atoms with Crippen molar-refractivity contribution in [2.75, 3.05) is 30.3 Å². The summed E-state index contributed by atoms with van der Waals surface area (Å²) in [6.07, 6.45) is 1.58. The van der Waals surface area contributed by atoms with E-state index in [9.17, 15) is 8.42 Å². The van der Waals surface area contributed by atoms with Crippen molar-refractivity contribution in [3.05, 3.63) is 35.3 Å². The highest BCUT2D eigenvalue weighted by Crippen LogP contribution is 2.23. The highest BCUT2D eigenvalue weighted by atomic mass is 32.2. The van der Waals surface area contributed by atoms with Crippen molar-refractivity contribution in [2.45, 2.75) is 11.1 Å². The molecular formula is C13H17N3O3S2. The van der Waals surface area contributed by atoms with Gasteiger partial charge in [-0.1, -0.05) is 0 Å². The van der Waals surface area contributed by atoms with Crippen LogP contribution in [0.1, 0.15) is 4.88 Å². The van der Waals surface area contributed by atoms with Gasteiger partial charge in [0.15, 0.2) is 0 Å². The summed E-state index contributed by atoms with van der Waals surface area (Å²) in [5.74, 6) is 0.290. The summed E-state index contributed by atoms with van der Waals surface area (Å²) in [5.41, 5.74) is 0.807. The average molecular weight is 327 g/mol. The van der Waals surface area contributed by atoms with Crippen molar-refractivity contribution in [3.63, 3.8) is 0 Å². The zero-order valence-corrected chi connectivity index (χ0v) is 13.4. The van der Waals surface area contributed by atoms with E-state index in [4.69, 9.17) is 4.74 Å². The Morgan fingerprint density at radius 2 is 2.10 bits per heavy atom. The normalized spacial score (nSPS) is 11.3. The molecule has 0 amide bonds. The summed E-state index contributed by atoms with van der Waals surface area (Å²) in [4.78, 5) is 5.03. The van der Waals surface area contributed by atoms with Gasteiger partial charge in [0.2, 0.25) is 0 Å². The first kappa shape index (κ1) is 15.7. The van der Waals surface area contributed by atoms with Crippen LogP contribution in [-0.2, 0) is 14.8 Å². The first-order valence-electron chi connectivity index (χ1n) is 6.29. The molecule has 2 heterocycles. The van der Waals surface area contributed by atoms with Crippen LogP contribution in [0.25, 0.3) is 0 Å². The molecule has 0 aliphatic carbocycles. The van der Waals surface area contributed by atoms with Crippen LogP contribution in [0.15, 0.2) is 34.7 Å². The predicted octanol–water partition coefficient (Wildman–Crippen LogP) is 2.31. The molecule has 2 N–H and O–H groups in total. The Hall–Kier alpha value is -1.64. The molecule has 6 nitrogen and oxygen atoms in total. The number of ether oxygens (including phenoxy) is 1. The minimum Gasteiger partial charge on any atom is -0.383 e. The van der Waals surface area contributed by atoms with E-state index in [0.717, 1.165) is 10.6 Å². The Bertz CT molecular complexity index is 681. The highest BCUT2D eigenvalue weighted by molar-refractivity contribution is 7.94. The Morgan fingerprint density at radius 1 is 1.29 bits per heavy atom. The predicted molar refractivity (Wildman–Crippen MR) is 84.5 cm³/mol. The van der Waals surface area contributed by atoms with Crippen LogP contribution in [0.5, 0.6) is 0 Å². The molecule has 0 aliphatic rings. The van der Waals surface area contributed by atoms with E-state index < -0.39 is 10.0 Å². The largest absolute Gasteiger partial charge is 0.383 e. The molecule has 0 spiro atoms. The summed E-state index contributed by atoms with van der Waals surface area (Å²) in [5, 5.41) is 3.11. The van der Waals surface area contributed by atoms with E-state index in [1.54, 1.807) is 37.6 Å². The lowest BCUT2D eigenvalue weighted by molar-refractivity contribution is 0.211. The van der Waals surface area contributed by atoms with Crippen LogP contribution in [0, 0.1) is 6.92 Å². The molecule has 0 aromatic carbocycles. The van der Waals surface area contributed by atoms with Crippen molar-refractivity contribution in [2.24, 2.45) is 0 Å². The van der Waals surface area contributed by atoms with Crippen LogP contribution < -0.4 is 10.0 Å². The molecule has 0 saturated heterocycles. The fourth-order valence-electron chi connectivity index (χ4n) is 1.60. The van der Waals surface area contributed by atoms with Gasteiger partial charge in [0, 0.05) is 18.5 Å². The first-order chi connectivity index (χ1) is 10.0. The second-order valence-electron chi connectivity index (χ2n) is 4.32. The van der Waals surface area contributed by atoms with E-state index in [1.165, 1.54) is 11.3 Å². The maximum atomic E-state index is 12.1. The summed E-state index contributed by atoms with van der Waals surface area (Å²) in [6.45, 7) is 3.12. The minimum absolute atomic E-state index is 0.282. The number of aromatic nitrogens is 1. The molecule has 0 radical (unpaired) electrons. The smallest absolute Gasteiger partial charge is 0.272 e. The molecular weight excluding hydrogens is 310 g/mol. The van der Waals surface area contributed by atoms with Gasteiger partial charge in [-0.15, -0.1) is 11.3 Å². The summed E-state index contributed by atoms with van der Waals surface area (Å²) >= 11 is 1.23. The molecule has 21 heavy (non-hydrogen) atoms. The Balaban J connectivity index is 2.03. The second kappa shape index (κ2) is 6.88. The second-order valence-corrected chi connectivity index (χ2v) is 7.52. The zero-order valence-electron chi connectivity index (χ0n) is 11.8. The lowest BCUT2D eigenvalue weighted by atomic mass is 10.4. The molecule has 0 saturated carbocycles. The van der Waals surface area contributed by atoms with Crippen LogP contribution in [0.2, 0.25) is 0 Å². The molecule has 2 aromatic heterocycles. The Kier molecular flexibility index (Phi) is 5.16. The Labute approximate surface area is 128 Å². The third-order valence-corrected chi connectivity index (χ3v) is 5.47. The molecule has 0 unspecified atom stereocenters. The molecule has 2 aromatic rings. The van der Waals surface area contributed by atoms with Crippen molar-refractivity contribution >= 4 is 32.9 Å². The van der Waals surface area contributed by atoms with Crippen LogP contribution in [0.4, 0.5) is 11.5 Å². The fourth-order valence-corrected chi connectivity index (χ4v) is 3.89. The lowest BCUT2D eigenvalue weighted by Crippen LogP contribution is -2.13. The van der Waals surface area contributed by atoms with Crippen molar-refractivity contribution in [3.8, 4) is 0 Å². The molecule has 0 aliphatic heterocycles. The summed E-state index contributed by atoms with van der Waals surface area (Å²) < 4.78 is 31.9. The molecule has 0 bridgehead atoms. The number of pyridine rings is 1. The van der Waals surface area contributed by atoms with Gasteiger partial charge in [-0.2, -0.15) is 0 Å². The highest BCUT2D eigenvalue weighted by Gasteiger charge is 2.16. The number of methoxy groups -OCH3 is 1. The quantitative estimate of drug-likeness (QED) is 0.763. The first-order valence-corrected chi connectivity index (χ1v) is 8.59. The third kappa shape index (κ3) is 4.42. The zero-order chi connectivity index (χ0) is 15.3. The summed E-state index contributed by atoms with van der Waals surface area (Å²) in [6, 6.07) is 6.74. The number of nitrogens with one attached hydrogen (secondary N) is 2. The fraction of sp³-hybridized carbons (Fsp3) is 0.308. The van der Waals surface area contributed by atoms with Gasteiger partial charge in [0.05, 0.1) is 18.5 Å². The van der Waals surface area contributed by atoms with E-state index in [2.05, 4.69) is 15.0 Å². The van der Waals surface area contributed by atoms with Gasteiger partial charge in [-0.05, 0) is 31.2 Å². The van der Waals surface area contributed by atoms with E-state index in [1.807, 2.05) is 6.92 Å². The summed E-state index contributed by atoms with van der Waals surface area (Å²) in [7, 11) is -1.93. The average Bonchev–Trinajstić information content (AvgIpc) is 2.88. The van der Waals surface area contributed by atoms with Crippen molar-refractivity contribution in [1.82, 2.24) is 4.98 Å². The molecule has 2 rings (SSSR count). The number of hydrogen-bond acceptors (Lipinski definition) is 6. The molecule has 0 atom stereocenters. The number of rotatable bonds is 7. The number of aryl methyl sites for hydroxylation is 1. The Morgan fingerprint density at radius 3 is 2.67 bits per heavy atom. The number of sulfonamides is 1. The van der Waals surface area contributed by atoms with E-state index in [-0.39, 0.29) is 4.21 Å². The van der Waals surface area contributed by atoms with E-state index in [0.29, 0.717) is 19.0 Å². The number of nitrogens with zero attached hydrogens (tertiary/aromatic N) is 1. The maximum absolute atomic E-state index is 12.1. The van der Waals surface area contributed by atoms with Crippen LogP contribution >= 0.6 is 11.3 Å². The maximum Gasteiger partial charge on any atom is 0.272 e. The SMILES string of the molecule is COCCNc1ccc(NS(=O)(=O)c2ccc(C)s2)nc1. The van der Waals surface area contributed by atoms with Crippen LogP contribution in [0.3, 0.4) is 0 Å². The van der Waals surface area contributed by atoms with Gasteiger partial charge >= 0.3 is 0 Å². The van der Waals surface area contributed by atoms with Gasteiger partial charge in [0.25, 0.3) is 10.0 Å². The molecule has 114 valence electrons. The monoisotopic (exact) mass is 327 g/mol. The van der Waals surface area contributed by atoms with Gasteiger partial charge < -0.3 is 10.1 Å². The van der Waals surface area contributed by atoms with Gasteiger partial charge in [0.1, 0.15) is 10.0 Å². The van der Waals surface area contributed by atoms with E-state index >= 15 is 0 Å². The standard InChI is InChI=1S/C13H17N3O3S2/c1-10-3-6-13(20-10)21(17,18)16-12-5-4-11(9-15-12)14-7-8-19-2/h3-6,9,14H,7-8H2,1-2H3,(H,15,16). The number of hydrogen-bond donors (Lipinski definition) is 2. The van der Waals surface area contributed by atoms with Gasteiger partial charge in [-0.25, -0.2) is 13.4 Å². The molecule has 8 heteroatoms. The van der Waals surface area contributed by atoms with Crippen molar-refractivity contribution in [1.29, 1.82) is 0 Å². The number of anilines is 2. The number of thiophene rings is 1. The van der Waals surface area contributed by atoms with Crippen LogP contribution in [-0.4, -0.2) is 33.7 Å². The van der Waals surface area contributed by atoms with Gasteiger partial charge in [-0.3, -0.25) is 4.72 Å². The molecule has 0 fully saturated rings. The van der Waals surface area contributed by atoms with Crippen molar-refractivity contribution < 1.29 is 13.2 Å². The minimum atomic E-state index is -3.56. The lowest BCUT2D eigenvalue weighted by Gasteiger charge is -2.08. The topological polar surface area (TPSA) is 80.3 Å². The third-order valence-electron chi connectivity index (χ3n) is 2.62.